The van der Waals surface area contributed by atoms with Crippen LogP contribution < -0.4 is 10.1 Å². The third-order valence-corrected chi connectivity index (χ3v) is 4.82. The first-order valence-electron chi connectivity index (χ1n) is 8.55. The van der Waals surface area contributed by atoms with Crippen molar-refractivity contribution >= 4 is 45.1 Å². The molecular weight excluding hydrogens is 396 g/mol. The number of esters is 2. The summed E-state index contributed by atoms with van der Waals surface area (Å²) < 4.78 is 15.0. The summed E-state index contributed by atoms with van der Waals surface area (Å²) in [4.78, 5) is 39.9. The fourth-order valence-corrected chi connectivity index (χ4v) is 3.38. The van der Waals surface area contributed by atoms with Crippen molar-refractivity contribution in [3.63, 3.8) is 0 Å². The van der Waals surface area contributed by atoms with Crippen LogP contribution in [0.15, 0.2) is 41.8 Å². The highest BCUT2D eigenvalue weighted by molar-refractivity contribution is 7.13. The maximum atomic E-state index is 12.5. The Morgan fingerprint density at radius 1 is 1.07 bits per heavy atom. The molecule has 0 saturated carbocycles. The second-order valence-electron chi connectivity index (χ2n) is 5.88. The SMILES string of the molecule is COC(=O)Cc1csc(NC(=O)COC(=O)c2ccc(OC)c3ccccc23)n1. The summed E-state index contributed by atoms with van der Waals surface area (Å²) in [5.41, 5.74) is 0.822. The standard InChI is InChI=1S/C20H18N2O6S/c1-26-16-8-7-15(13-5-3-4-6-14(13)16)19(25)28-10-17(23)22-20-21-12(11-29-20)9-18(24)27-2/h3-8,11H,9-10H2,1-2H3,(H,21,22,23). The quantitative estimate of drug-likeness (QED) is 0.593. The molecule has 2 aromatic carbocycles. The Morgan fingerprint density at radius 3 is 2.55 bits per heavy atom. The molecule has 3 rings (SSSR count). The number of hydrogen-bond acceptors (Lipinski definition) is 8. The highest BCUT2D eigenvalue weighted by atomic mass is 32.1. The lowest BCUT2D eigenvalue weighted by molar-refractivity contribution is -0.139. The van der Waals surface area contributed by atoms with Crippen molar-refractivity contribution in [3.05, 3.63) is 53.0 Å². The van der Waals surface area contributed by atoms with E-state index >= 15 is 0 Å². The van der Waals surface area contributed by atoms with Gasteiger partial charge in [0.2, 0.25) is 0 Å². The third-order valence-electron chi connectivity index (χ3n) is 4.01. The molecule has 29 heavy (non-hydrogen) atoms. The van der Waals surface area contributed by atoms with Crippen molar-refractivity contribution < 1.29 is 28.6 Å². The Labute approximate surface area is 170 Å². The average Bonchev–Trinajstić information content (AvgIpc) is 3.17. The van der Waals surface area contributed by atoms with E-state index in [2.05, 4.69) is 15.0 Å². The molecule has 0 fully saturated rings. The molecule has 0 radical (unpaired) electrons. The van der Waals surface area contributed by atoms with Crippen LogP contribution in [-0.4, -0.2) is 43.7 Å². The molecule has 0 saturated heterocycles. The van der Waals surface area contributed by atoms with Crippen molar-refractivity contribution in [1.29, 1.82) is 0 Å². The summed E-state index contributed by atoms with van der Waals surface area (Å²) in [5, 5.41) is 5.93. The van der Waals surface area contributed by atoms with Gasteiger partial charge in [0.25, 0.3) is 5.91 Å². The van der Waals surface area contributed by atoms with Crippen LogP contribution >= 0.6 is 11.3 Å². The number of fused-ring (bicyclic) bond motifs is 1. The van der Waals surface area contributed by atoms with Gasteiger partial charge in [-0.15, -0.1) is 11.3 Å². The summed E-state index contributed by atoms with van der Waals surface area (Å²) in [5.74, 6) is -0.935. The molecular formula is C20H18N2O6S. The topological polar surface area (TPSA) is 104 Å². The first-order valence-corrected chi connectivity index (χ1v) is 9.43. The number of ether oxygens (including phenoxy) is 3. The van der Waals surface area contributed by atoms with Crippen molar-refractivity contribution in [2.75, 3.05) is 26.1 Å². The lowest BCUT2D eigenvalue weighted by atomic mass is 10.0. The molecule has 0 atom stereocenters. The zero-order chi connectivity index (χ0) is 20.8. The molecule has 1 amide bonds. The normalized spacial score (nSPS) is 10.4. The molecule has 3 aromatic rings. The zero-order valence-electron chi connectivity index (χ0n) is 15.8. The lowest BCUT2D eigenvalue weighted by Crippen LogP contribution is -2.21. The van der Waals surface area contributed by atoms with E-state index in [1.165, 1.54) is 7.11 Å². The van der Waals surface area contributed by atoms with Gasteiger partial charge in [0, 0.05) is 10.8 Å². The van der Waals surface area contributed by atoms with Crippen LogP contribution in [0, 0.1) is 0 Å². The number of carbonyl (C=O) groups excluding carboxylic acids is 3. The molecule has 9 heteroatoms. The maximum Gasteiger partial charge on any atom is 0.339 e. The van der Waals surface area contributed by atoms with Crippen LogP contribution in [0.5, 0.6) is 5.75 Å². The van der Waals surface area contributed by atoms with Crippen LogP contribution in [0.3, 0.4) is 0 Å². The van der Waals surface area contributed by atoms with Gasteiger partial charge in [-0.2, -0.15) is 0 Å². The maximum absolute atomic E-state index is 12.5. The number of thiazole rings is 1. The van der Waals surface area contributed by atoms with E-state index in [4.69, 9.17) is 9.47 Å². The van der Waals surface area contributed by atoms with E-state index in [1.54, 1.807) is 36.8 Å². The molecule has 1 heterocycles. The van der Waals surface area contributed by atoms with Crippen LogP contribution in [0.1, 0.15) is 16.1 Å². The van der Waals surface area contributed by atoms with Gasteiger partial charge in [0.15, 0.2) is 11.7 Å². The smallest absolute Gasteiger partial charge is 0.339 e. The Hall–Kier alpha value is -3.46. The Morgan fingerprint density at radius 2 is 1.83 bits per heavy atom. The van der Waals surface area contributed by atoms with Gasteiger partial charge >= 0.3 is 11.9 Å². The van der Waals surface area contributed by atoms with E-state index in [9.17, 15) is 14.4 Å². The number of rotatable bonds is 7. The van der Waals surface area contributed by atoms with Gasteiger partial charge in [-0.1, -0.05) is 24.3 Å². The number of benzene rings is 2. The summed E-state index contributed by atoms with van der Waals surface area (Å²) in [6, 6.07) is 10.5. The highest BCUT2D eigenvalue weighted by Crippen LogP contribution is 2.28. The van der Waals surface area contributed by atoms with Crippen molar-refractivity contribution in [1.82, 2.24) is 4.98 Å². The molecule has 0 bridgehead atoms. The summed E-state index contributed by atoms with van der Waals surface area (Å²) in [7, 11) is 2.84. The fraction of sp³-hybridized carbons (Fsp3) is 0.200. The monoisotopic (exact) mass is 414 g/mol. The molecule has 0 aliphatic carbocycles. The van der Waals surface area contributed by atoms with Gasteiger partial charge in [-0.25, -0.2) is 9.78 Å². The van der Waals surface area contributed by atoms with Crippen molar-refractivity contribution in [3.8, 4) is 5.75 Å². The number of aromatic nitrogens is 1. The van der Waals surface area contributed by atoms with Gasteiger partial charge in [0.05, 0.1) is 31.9 Å². The van der Waals surface area contributed by atoms with Gasteiger partial charge in [0.1, 0.15) is 5.75 Å². The first-order chi connectivity index (χ1) is 14.0. The second kappa shape index (κ2) is 9.16. The Kier molecular flexibility index (Phi) is 6.40. The predicted octanol–water partition coefficient (Wildman–Crippen LogP) is 2.82. The van der Waals surface area contributed by atoms with Gasteiger partial charge < -0.3 is 14.2 Å². The molecule has 1 aromatic heterocycles. The number of methoxy groups -OCH3 is 2. The summed E-state index contributed by atoms with van der Waals surface area (Å²) in [6.45, 7) is -0.467. The highest BCUT2D eigenvalue weighted by Gasteiger charge is 2.16. The number of hydrogen-bond donors (Lipinski definition) is 1. The van der Waals surface area contributed by atoms with E-state index < -0.39 is 24.5 Å². The Balaban J connectivity index is 1.62. The molecule has 8 nitrogen and oxygen atoms in total. The van der Waals surface area contributed by atoms with E-state index in [0.29, 0.717) is 27.5 Å². The van der Waals surface area contributed by atoms with E-state index in [-0.39, 0.29) is 6.42 Å². The largest absolute Gasteiger partial charge is 0.496 e. The van der Waals surface area contributed by atoms with Gasteiger partial charge in [-0.3, -0.25) is 14.9 Å². The molecule has 150 valence electrons. The van der Waals surface area contributed by atoms with Crippen molar-refractivity contribution in [2.45, 2.75) is 6.42 Å². The van der Waals surface area contributed by atoms with Crippen LogP contribution in [0.2, 0.25) is 0 Å². The van der Waals surface area contributed by atoms with Crippen LogP contribution in [0.4, 0.5) is 5.13 Å². The predicted molar refractivity (Wildman–Crippen MR) is 107 cm³/mol. The van der Waals surface area contributed by atoms with Crippen LogP contribution in [0.25, 0.3) is 10.8 Å². The first kappa shape index (κ1) is 20.3. The number of carbonyl (C=O) groups is 3. The van der Waals surface area contributed by atoms with Gasteiger partial charge in [-0.05, 0) is 17.5 Å². The molecule has 0 unspecified atom stereocenters. The number of nitrogens with zero attached hydrogens (tertiary/aromatic N) is 1. The lowest BCUT2D eigenvalue weighted by Gasteiger charge is -2.10. The van der Waals surface area contributed by atoms with Crippen molar-refractivity contribution in [2.24, 2.45) is 0 Å². The number of nitrogens with one attached hydrogen (secondary N) is 1. The van der Waals surface area contributed by atoms with Crippen LogP contribution in [-0.2, 0) is 25.5 Å². The minimum Gasteiger partial charge on any atom is -0.496 e. The molecule has 1 N–H and O–H groups in total. The van der Waals surface area contributed by atoms with E-state index in [0.717, 1.165) is 16.7 Å². The molecule has 0 aliphatic rings. The minimum atomic E-state index is -0.621. The summed E-state index contributed by atoms with van der Waals surface area (Å²) >= 11 is 1.16. The third kappa shape index (κ3) is 4.88. The van der Waals surface area contributed by atoms with E-state index in [1.807, 2.05) is 12.1 Å². The zero-order valence-corrected chi connectivity index (χ0v) is 16.6. The minimum absolute atomic E-state index is 0.0163. The number of anilines is 1. The average molecular weight is 414 g/mol. The molecule has 0 aliphatic heterocycles. The second-order valence-corrected chi connectivity index (χ2v) is 6.74. The fourth-order valence-electron chi connectivity index (χ4n) is 2.66. The summed E-state index contributed by atoms with van der Waals surface area (Å²) in [6.07, 6.45) is 0.0163. The number of amides is 1. The Bertz CT molecular complexity index is 1060. The molecule has 0 spiro atoms.